The zero-order valence-corrected chi connectivity index (χ0v) is 9.84. The number of aryl methyl sites for hydroxylation is 2. The molecule has 0 saturated heterocycles. The lowest BCUT2D eigenvalue weighted by Crippen LogP contribution is -2.12. The van der Waals surface area contributed by atoms with E-state index in [0.29, 0.717) is 18.7 Å². The predicted molar refractivity (Wildman–Crippen MR) is 61.2 cm³/mol. The third-order valence-corrected chi connectivity index (χ3v) is 2.32. The van der Waals surface area contributed by atoms with E-state index in [9.17, 15) is 4.79 Å². The molecule has 0 atom stereocenters. The Hall–Kier alpha value is -1.03. The maximum absolute atomic E-state index is 11.4. The molecular formula is C10H16ClN3O. The first-order chi connectivity index (χ1) is 7.17. The fourth-order valence-corrected chi connectivity index (χ4v) is 1.47. The van der Waals surface area contributed by atoms with Gasteiger partial charge in [-0.05, 0) is 12.8 Å². The normalized spacial score (nSPS) is 10.3. The first-order valence-corrected chi connectivity index (χ1v) is 5.59. The van der Waals surface area contributed by atoms with Crippen molar-refractivity contribution in [2.75, 3.05) is 11.2 Å². The van der Waals surface area contributed by atoms with Crippen molar-refractivity contribution in [3.63, 3.8) is 0 Å². The van der Waals surface area contributed by atoms with E-state index in [-0.39, 0.29) is 5.91 Å². The molecule has 15 heavy (non-hydrogen) atoms. The van der Waals surface area contributed by atoms with Gasteiger partial charge in [0.05, 0.1) is 11.4 Å². The molecule has 0 radical (unpaired) electrons. The van der Waals surface area contributed by atoms with Crippen molar-refractivity contribution in [1.29, 1.82) is 0 Å². The van der Waals surface area contributed by atoms with Crippen LogP contribution in [0.5, 0.6) is 0 Å². The minimum absolute atomic E-state index is 0.00153. The Bertz CT molecular complexity index is 335. The van der Waals surface area contributed by atoms with Crippen LogP contribution in [0.25, 0.3) is 0 Å². The molecule has 1 aromatic rings. The number of alkyl halides is 1. The lowest BCUT2D eigenvalue weighted by atomic mass is 10.2. The molecule has 0 aliphatic heterocycles. The summed E-state index contributed by atoms with van der Waals surface area (Å²) in [4.78, 5) is 11.4. The van der Waals surface area contributed by atoms with E-state index in [1.807, 2.05) is 20.2 Å². The number of carbonyl (C=O) groups is 1. The summed E-state index contributed by atoms with van der Waals surface area (Å²) in [5.74, 6) is 0.513. The molecule has 0 aliphatic rings. The number of rotatable bonds is 5. The second-order valence-corrected chi connectivity index (χ2v) is 3.74. The average Bonchev–Trinajstić information content (AvgIpc) is 2.55. The molecular weight excluding hydrogens is 214 g/mol. The Labute approximate surface area is 94.6 Å². The molecule has 0 aromatic carbocycles. The van der Waals surface area contributed by atoms with Gasteiger partial charge in [0, 0.05) is 25.5 Å². The number of anilines is 1. The number of aromatic nitrogens is 2. The van der Waals surface area contributed by atoms with Crippen LogP contribution in [0.3, 0.4) is 0 Å². The van der Waals surface area contributed by atoms with E-state index in [1.54, 1.807) is 4.68 Å². The topological polar surface area (TPSA) is 46.9 Å². The number of amides is 1. The number of nitrogens with zero attached hydrogens (tertiary/aromatic N) is 2. The van der Waals surface area contributed by atoms with Gasteiger partial charge in [-0.15, -0.1) is 11.6 Å². The van der Waals surface area contributed by atoms with Crippen LogP contribution in [0.4, 0.5) is 5.69 Å². The summed E-state index contributed by atoms with van der Waals surface area (Å²) in [5, 5.41) is 7.07. The highest BCUT2D eigenvalue weighted by Gasteiger charge is 2.08. The molecule has 0 bridgehead atoms. The van der Waals surface area contributed by atoms with E-state index < -0.39 is 0 Å². The van der Waals surface area contributed by atoms with Crippen LogP contribution >= 0.6 is 11.6 Å². The average molecular weight is 230 g/mol. The highest BCUT2D eigenvalue weighted by molar-refractivity contribution is 6.18. The van der Waals surface area contributed by atoms with E-state index >= 15 is 0 Å². The van der Waals surface area contributed by atoms with Gasteiger partial charge in [0.2, 0.25) is 5.91 Å². The third kappa shape index (κ3) is 3.55. The number of carbonyl (C=O) groups excluding carboxylic acids is 1. The maximum Gasteiger partial charge on any atom is 0.224 e. The van der Waals surface area contributed by atoms with E-state index in [1.165, 1.54) is 0 Å². The van der Waals surface area contributed by atoms with E-state index in [0.717, 1.165) is 17.8 Å². The van der Waals surface area contributed by atoms with E-state index in [2.05, 4.69) is 10.4 Å². The number of hydrogen-bond acceptors (Lipinski definition) is 2. The molecule has 0 fully saturated rings. The molecule has 0 spiro atoms. The van der Waals surface area contributed by atoms with Crippen molar-refractivity contribution in [1.82, 2.24) is 9.78 Å². The molecule has 5 heteroatoms. The first-order valence-electron chi connectivity index (χ1n) is 5.05. The summed E-state index contributed by atoms with van der Waals surface area (Å²) < 4.78 is 1.70. The first kappa shape index (κ1) is 12.0. The zero-order chi connectivity index (χ0) is 11.3. The summed E-state index contributed by atoms with van der Waals surface area (Å²) in [5.41, 5.74) is 1.72. The predicted octanol–water partition coefficient (Wildman–Crippen LogP) is 1.94. The highest BCUT2D eigenvalue weighted by Crippen LogP contribution is 2.14. The highest BCUT2D eigenvalue weighted by atomic mass is 35.5. The Balaban J connectivity index is 2.59. The maximum atomic E-state index is 11.4. The molecule has 1 aromatic heterocycles. The lowest BCUT2D eigenvalue weighted by Gasteiger charge is -2.02. The van der Waals surface area contributed by atoms with Crippen LogP contribution < -0.4 is 5.32 Å². The monoisotopic (exact) mass is 229 g/mol. The summed E-state index contributed by atoms with van der Waals surface area (Å²) in [7, 11) is 1.84. The standard InChI is InChI=1S/C10H16ClN3O/c1-3-8-9(7-14(2)13-8)12-10(15)5-4-6-11/h7H,3-6H2,1-2H3,(H,12,15). The van der Waals surface area contributed by atoms with Crippen molar-refractivity contribution >= 4 is 23.2 Å². The van der Waals surface area contributed by atoms with Crippen LogP contribution in [-0.4, -0.2) is 21.6 Å². The Morgan fingerprint density at radius 1 is 1.67 bits per heavy atom. The molecule has 1 amide bonds. The Morgan fingerprint density at radius 2 is 2.40 bits per heavy atom. The van der Waals surface area contributed by atoms with Crippen molar-refractivity contribution < 1.29 is 4.79 Å². The summed E-state index contributed by atoms with van der Waals surface area (Å²) >= 11 is 5.51. The molecule has 1 heterocycles. The minimum atomic E-state index is -0.00153. The smallest absolute Gasteiger partial charge is 0.224 e. The Kier molecular flexibility index (Phi) is 4.62. The van der Waals surface area contributed by atoms with Crippen LogP contribution in [0.15, 0.2) is 6.20 Å². The van der Waals surface area contributed by atoms with Gasteiger partial charge >= 0.3 is 0 Å². The fourth-order valence-electron chi connectivity index (χ4n) is 1.34. The molecule has 84 valence electrons. The lowest BCUT2D eigenvalue weighted by molar-refractivity contribution is -0.116. The second-order valence-electron chi connectivity index (χ2n) is 3.36. The van der Waals surface area contributed by atoms with E-state index in [4.69, 9.17) is 11.6 Å². The van der Waals surface area contributed by atoms with Gasteiger partial charge in [0.25, 0.3) is 0 Å². The number of hydrogen-bond donors (Lipinski definition) is 1. The number of halogens is 1. The fraction of sp³-hybridized carbons (Fsp3) is 0.600. The van der Waals surface area contributed by atoms with Crippen LogP contribution in [0.2, 0.25) is 0 Å². The van der Waals surface area contributed by atoms with Crippen molar-refractivity contribution in [3.8, 4) is 0 Å². The van der Waals surface area contributed by atoms with Crippen molar-refractivity contribution in [2.45, 2.75) is 26.2 Å². The van der Waals surface area contributed by atoms with Crippen LogP contribution in [-0.2, 0) is 18.3 Å². The molecule has 1 N–H and O–H groups in total. The minimum Gasteiger partial charge on any atom is -0.323 e. The molecule has 0 saturated carbocycles. The van der Waals surface area contributed by atoms with Gasteiger partial charge in [-0.1, -0.05) is 6.92 Å². The number of nitrogens with one attached hydrogen (secondary N) is 1. The quantitative estimate of drug-likeness (QED) is 0.785. The zero-order valence-electron chi connectivity index (χ0n) is 9.09. The molecule has 0 aliphatic carbocycles. The SMILES string of the molecule is CCc1nn(C)cc1NC(=O)CCCCl. The van der Waals surface area contributed by atoms with Gasteiger partial charge in [0.15, 0.2) is 0 Å². The molecule has 0 unspecified atom stereocenters. The Morgan fingerprint density at radius 3 is 3.00 bits per heavy atom. The summed E-state index contributed by atoms with van der Waals surface area (Å²) in [6.07, 6.45) is 3.79. The largest absolute Gasteiger partial charge is 0.323 e. The third-order valence-electron chi connectivity index (χ3n) is 2.05. The van der Waals surface area contributed by atoms with Crippen molar-refractivity contribution in [2.24, 2.45) is 7.05 Å². The van der Waals surface area contributed by atoms with Crippen LogP contribution in [0, 0.1) is 0 Å². The molecule has 4 nitrogen and oxygen atoms in total. The van der Waals surface area contributed by atoms with Gasteiger partial charge in [0.1, 0.15) is 0 Å². The molecule has 1 rings (SSSR count). The van der Waals surface area contributed by atoms with Crippen molar-refractivity contribution in [3.05, 3.63) is 11.9 Å². The van der Waals surface area contributed by atoms with Gasteiger partial charge in [-0.2, -0.15) is 5.10 Å². The second kappa shape index (κ2) is 5.75. The van der Waals surface area contributed by atoms with Gasteiger partial charge < -0.3 is 5.32 Å². The van der Waals surface area contributed by atoms with Gasteiger partial charge in [-0.3, -0.25) is 9.48 Å². The summed E-state index contributed by atoms with van der Waals surface area (Å²) in [6, 6.07) is 0. The summed E-state index contributed by atoms with van der Waals surface area (Å²) in [6.45, 7) is 2.01. The van der Waals surface area contributed by atoms with Gasteiger partial charge in [-0.25, -0.2) is 0 Å². The van der Waals surface area contributed by atoms with Crippen LogP contribution in [0.1, 0.15) is 25.5 Å².